The van der Waals surface area contributed by atoms with Crippen LogP contribution in [0.3, 0.4) is 0 Å². The van der Waals surface area contributed by atoms with E-state index in [4.69, 9.17) is 11.6 Å². The van der Waals surface area contributed by atoms with Crippen LogP contribution in [-0.4, -0.2) is 31.7 Å². The Morgan fingerprint density at radius 1 is 1.11 bits per heavy atom. The molecule has 1 aliphatic rings. The predicted molar refractivity (Wildman–Crippen MR) is 111 cm³/mol. The van der Waals surface area contributed by atoms with Crippen LogP contribution in [0.1, 0.15) is 37.8 Å². The van der Waals surface area contributed by atoms with Crippen LogP contribution in [0.2, 0.25) is 5.02 Å². The molecule has 0 aliphatic carbocycles. The second-order valence-corrected chi connectivity index (χ2v) is 9.39. The number of carbonyl (C=O) groups excluding carboxylic acids is 1. The van der Waals surface area contributed by atoms with Gasteiger partial charge in [0.1, 0.15) is 0 Å². The van der Waals surface area contributed by atoms with Crippen molar-refractivity contribution in [2.75, 3.05) is 13.1 Å². The number of halogens is 1. The van der Waals surface area contributed by atoms with Gasteiger partial charge in [-0.2, -0.15) is 4.31 Å². The van der Waals surface area contributed by atoms with Gasteiger partial charge in [-0.15, -0.1) is 0 Å². The topological polar surface area (TPSA) is 66.5 Å². The molecule has 0 aromatic heterocycles. The minimum atomic E-state index is -3.56. The summed E-state index contributed by atoms with van der Waals surface area (Å²) in [5.74, 6) is -0.173. The first kappa shape index (κ1) is 20.8. The number of nitrogens with one attached hydrogen (secondary N) is 1. The van der Waals surface area contributed by atoms with E-state index in [1.54, 1.807) is 12.1 Å². The average molecular weight is 421 g/mol. The smallest absolute Gasteiger partial charge is 0.243 e. The Morgan fingerprint density at radius 3 is 2.29 bits per heavy atom. The minimum absolute atomic E-state index is 0.000700. The zero-order valence-corrected chi connectivity index (χ0v) is 17.4. The molecule has 1 heterocycles. The van der Waals surface area contributed by atoms with E-state index in [0.29, 0.717) is 31.0 Å². The largest absolute Gasteiger partial charge is 0.349 e. The van der Waals surface area contributed by atoms with E-state index < -0.39 is 10.0 Å². The van der Waals surface area contributed by atoms with E-state index in [0.717, 1.165) is 12.0 Å². The lowest BCUT2D eigenvalue weighted by Crippen LogP contribution is -2.43. The Labute approximate surface area is 171 Å². The molecule has 0 radical (unpaired) electrons. The van der Waals surface area contributed by atoms with Gasteiger partial charge in [0.25, 0.3) is 0 Å². The van der Waals surface area contributed by atoms with Crippen molar-refractivity contribution < 1.29 is 13.2 Å². The van der Waals surface area contributed by atoms with Crippen molar-refractivity contribution in [3.8, 4) is 0 Å². The van der Waals surface area contributed by atoms with Gasteiger partial charge >= 0.3 is 0 Å². The van der Waals surface area contributed by atoms with Crippen molar-refractivity contribution in [2.24, 2.45) is 5.92 Å². The molecule has 7 heteroatoms. The van der Waals surface area contributed by atoms with Crippen LogP contribution in [0.15, 0.2) is 59.5 Å². The second-order valence-electron chi connectivity index (χ2n) is 7.01. The summed E-state index contributed by atoms with van der Waals surface area (Å²) >= 11 is 5.85. The first-order valence-corrected chi connectivity index (χ1v) is 11.3. The number of amides is 1. The number of rotatable bonds is 6. The van der Waals surface area contributed by atoms with Crippen LogP contribution in [0.25, 0.3) is 0 Å². The molecule has 1 aliphatic heterocycles. The summed E-state index contributed by atoms with van der Waals surface area (Å²) in [4.78, 5) is 12.9. The van der Waals surface area contributed by atoms with Crippen molar-refractivity contribution in [2.45, 2.75) is 37.1 Å². The molecule has 2 aromatic rings. The van der Waals surface area contributed by atoms with E-state index in [-0.39, 0.29) is 22.8 Å². The first-order valence-electron chi connectivity index (χ1n) is 9.53. The lowest BCUT2D eigenvalue weighted by Gasteiger charge is -2.31. The van der Waals surface area contributed by atoms with E-state index in [9.17, 15) is 13.2 Å². The summed E-state index contributed by atoms with van der Waals surface area (Å²) in [6.45, 7) is 2.72. The lowest BCUT2D eigenvalue weighted by atomic mass is 9.96. The standard InChI is InChI=1S/C21H25ClN2O3S/c1-2-20(16-6-4-3-5-7-16)23-21(25)17-12-14-24(15-13-17)28(26,27)19-10-8-18(22)9-11-19/h3-11,17,20H,2,12-15H2,1H3,(H,23,25)/t20-/m1/s1. The quantitative estimate of drug-likeness (QED) is 0.767. The fourth-order valence-electron chi connectivity index (χ4n) is 3.51. The molecule has 1 fully saturated rings. The number of sulfonamides is 1. The Kier molecular flexibility index (Phi) is 6.75. The van der Waals surface area contributed by atoms with Gasteiger partial charge in [0, 0.05) is 24.0 Å². The summed E-state index contributed by atoms with van der Waals surface area (Å²) in [7, 11) is -3.56. The molecule has 150 valence electrons. The zero-order chi connectivity index (χ0) is 20.1. The van der Waals surface area contributed by atoms with Crippen molar-refractivity contribution in [1.82, 2.24) is 9.62 Å². The van der Waals surface area contributed by atoms with Gasteiger partial charge in [0.2, 0.25) is 15.9 Å². The summed E-state index contributed by atoms with van der Waals surface area (Å²) in [6.07, 6.45) is 1.84. The van der Waals surface area contributed by atoms with Crippen molar-refractivity contribution in [3.05, 3.63) is 65.2 Å². The van der Waals surface area contributed by atoms with Crippen LogP contribution in [0, 0.1) is 5.92 Å². The lowest BCUT2D eigenvalue weighted by molar-refractivity contribution is -0.126. The van der Waals surface area contributed by atoms with Gasteiger partial charge in [-0.05, 0) is 49.1 Å². The number of carbonyl (C=O) groups is 1. The molecular weight excluding hydrogens is 396 g/mol. The average Bonchev–Trinajstić information content (AvgIpc) is 2.73. The second kappa shape index (κ2) is 9.07. The molecule has 0 unspecified atom stereocenters. The summed E-state index contributed by atoms with van der Waals surface area (Å²) in [5.41, 5.74) is 1.08. The van der Waals surface area contributed by atoms with Crippen molar-refractivity contribution in [1.29, 1.82) is 0 Å². The van der Waals surface area contributed by atoms with E-state index in [1.165, 1.54) is 16.4 Å². The third-order valence-electron chi connectivity index (χ3n) is 5.20. The van der Waals surface area contributed by atoms with Gasteiger partial charge in [-0.3, -0.25) is 4.79 Å². The minimum Gasteiger partial charge on any atom is -0.349 e. The third kappa shape index (κ3) is 4.74. The normalized spacial score (nSPS) is 17.2. The Morgan fingerprint density at radius 2 is 1.71 bits per heavy atom. The predicted octanol–water partition coefficient (Wildman–Crippen LogP) is 4.01. The molecule has 1 amide bonds. The molecule has 1 N–H and O–H groups in total. The molecule has 5 nitrogen and oxygen atoms in total. The van der Waals surface area contributed by atoms with Crippen LogP contribution in [0.4, 0.5) is 0 Å². The summed E-state index contributed by atoms with van der Waals surface area (Å²) in [5, 5.41) is 3.62. The number of piperidine rings is 1. The number of hydrogen-bond acceptors (Lipinski definition) is 3. The van der Waals surface area contributed by atoms with Gasteiger partial charge in [0.15, 0.2) is 0 Å². The highest BCUT2D eigenvalue weighted by atomic mass is 35.5. The molecular formula is C21H25ClN2O3S. The van der Waals surface area contributed by atoms with Crippen molar-refractivity contribution >= 4 is 27.5 Å². The molecule has 0 bridgehead atoms. The molecule has 28 heavy (non-hydrogen) atoms. The molecule has 1 atom stereocenters. The monoisotopic (exact) mass is 420 g/mol. The van der Waals surface area contributed by atoms with Gasteiger partial charge in [-0.1, -0.05) is 48.9 Å². The highest BCUT2D eigenvalue weighted by Crippen LogP contribution is 2.26. The number of hydrogen-bond donors (Lipinski definition) is 1. The van der Waals surface area contributed by atoms with Gasteiger partial charge < -0.3 is 5.32 Å². The third-order valence-corrected chi connectivity index (χ3v) is 7.37. The summed E-state index contributed by atoms with van der Waals surface area (Å²) < 4.78 is 27.0. The maximum Gasteiger partial charge on any atom is 0.243 e. The van der Waals surface area contributed by atoms with E-state index >= 15 is 0 Å². The molecule has 0 saturated carbocycles. The van der Waals surface area contributed by atoms with Crippen LogP contribution in [0.5, 0.6) is 0 Å². The first-order chi connectivity index (χ1) is 13.4. The van der Waals surface area contributed by atoms with E-state index in [2.05, 4.69) is 5.32 Å². The van der Waals surface area contributed by atoms with Crippen molar-refractivity contribution in [3.63, 3.8) is 0 Å². The number of benzene rings is 2. The Bertz CT molecular complexity index is 893. The number of nitrogens with zero attached hydrogens (tertiary/aromatic N) is 1. The highest BCUT2D eigenvalue weighted by molar-refractivity contribution is 7.89. The van der Waals surface area contributed by atoms with E-state index in [1.807, 2.05) is 37.3 Å². The van der Waals surface area contributed by atoms with Gasteiger partial charge in [-0.25, -0.2) is 8.42 Å². The fraction of sp³-hybridized carbons (Fsp3) is 0.381. The highest BCUT2D eigenvalue weighted by Gasteiger charge is 2.32. The Balaban J connectivity index is 1.60. The summed E-state index contributed by atoms with van der Waals surface area (Å²) in [6, 6.07) is 16.1. The molecule has 0 spiro atoms. The van der Waals surface area contributed by atoms with Crippen LogP contribution >= 0.6 is 11.6 Å². The molecule has 3 rings (SSSR count). The van der Waals surface area contributed by atoms with Gasteiger partial charge in [0.05, 0.1) is 10.9 Å². The van der Waals surface area contributed by atoms with Crippen LogP contribution < -0.4 is 5.32 Å². The molecule has 2 aromatic carbocycles. The Hall–Kier alpha value is -1.89. The SMILES string of the molecule is CC[C@@H](NC(=O)C1CCN(S(=O)(=O)c2ccc(Cl)cc2)CC1)c1ccccc1. The molecule has 1 saturated heterocycles. The maximum absolute atomic E-state index is 12.8. The zero-order valence-electron chi connectivity index (χ0n) is 15.8. The maximum atomic E-state index is 12.8. The van der Waals surface area contributed by atoms with Crippen LogP contribution in [-0.2, 0) is 14.8 Å². The fourth-order valence-corrected chi connectivity index (χ4v) is 5.11.